The van der Waals surface area contributed by atoms with Crippen LogP contribution in [0.25, 0.3) is 0 Å². The lowest BCUT2D eigenvalue weighted by Crippen LogP contribution is -2.49. The molecule has 2 fully saturated rings. The van der Waals surface area contributed by atoms with Gasteiger partial charge in [-0.2, -0.15) is 4.98 Å². The number of aliphatic hydroxyl groups is 1. The van der Waals surface area contributed by atoms with Crippen molar-refractivity contribution < 1.29 is 33.5 Å². The number of methoxy groups -OCH3 is 3. The van der Waals surface area contributed by atoms with Crippen LogP contribution >= 0.6 is 0 Å². The van der Waals surface area contributed by atoms with Crippen molar-refractivity contribution in [1.82, 2.24) is 25.3 Å². The van der Waals surface area contributed by atoms with E-state index in [1.54, 1.807) is 12.1 Å². The average molecular weight is 819 g/mol. The zero-order valence-corrected chi connectivity index (χ0v) is 34.8. The first-order valence-electron chi connectivity index (χ1n) is 20.6. The number of piperidine rings is 1. The fourth-order valence-corrected chi connectivity index (χ4v) is 8.98. The van der Waals surface area contributed by atoms with Gasteiger partial charge in [0.15, 0.2) is 23.1 Å². The normalized spacial score (nSPS) is 17.4. The van der Waals surface area contributed by atoms with Crippen molar-refractivity contribution in [2.24, 2.45) is 0 Å². The van der Waals surface area contributed by atoms with Gasteiger partial charge in [0.05, 0.1) is 51.6 Å². The first-order chi connectivity index (χ1) is 28.3. The highest BCUT2D eigenvalue weighted by Crippen LogP contribution is 2.40. The summed E-state index contributed by atoms with van der Waals surface area (Å²) in [6, 6.07) is 3.11. The summed E-state index contributed by atoms with van der Waals surface area (Å²) < 4.78 is 28.7. The molecule has 2 aromatic heterocycles. The summed E-state index contributed by atoms with van der Waals surface area (Å²) in [7, 11) is 4.46. The topological polar surface area (TPSA) is 196 Å². The summed E-state index contributed by atoms with van der Waals surface area (Å²) in [4.78, 5) is 46.9. The Labute approximate surface area is 344 Å². The molecule has 1 atom stereocenters. The molecule has 1 aliphatic carbocycles. The first kappa shape index (κ1) is 42.9. The minimum Gasteiger partial charge on any atom is -0.611 e. The Morgan fingerprint density at radius 1 is 0.931 bits per heavy atom. The quantitative estimate of drug-likeness (QED) is 0.0438. The fraction of sp³-hybridized carbons (Fsp3) is 0.571. The summed E-state index contributed by atoms with van der Waals surface area (Å²) in [6.45, 7) is 3.05. The Morgan fingerprint density at radius 3 is 2.19 bits per heavy atom. The second kappa shape index (κ2) is 20.8. The standard InChI is InChI=1S/C42H58N8O7S/c1-55-34-24-30(25-35(56-2)37(34)57-3)33(52)12-13-36(53)44-20-10-8-6-4-5-7-9-19-43-31-26-45-39(46-27-31)29-14-21-50(22-15-29)41-47-32-16-23-58(54)38(32)40(48-41)49-42(28-51)17-11-18-42/h12-13,24-27,29,43,51H,4-11,14-23,28H2,1-3H3,(H,44,53)(H,47,48,49)/b13-12+/t58-/m1/s1. The number of benzene rings is 1. The molecule has 2 aliphatic heterocycles. The third-order valence-electron chi connectivity index (χ3n) is 11.3. The summed E-state index contributed by atoms with van der Waals surface area (Å²) in [6.07, 6.45) is 19.1. The molecule has 6 rings (SSSR count). The molecule has 1 aromatic carbocycles. The Morgan fingerprint density at radius 2 is 1.59 bits per heavy atom. The number of aryl methyl sites for hydroxylation is 1. The molecule has 4 heterocycles. The van der Waals surface area contributed by atoms with E-state index in [2.05, 4.69) is 20.9 Å². The van der Waals surface area contributed by atoms with E-state index >= 15 is 0 Å². The summed E-state index contributed by atoms with van der Waals surface area (Å²) in [5, 5.41) is 19.8. The van der Waals surface area contributed by atoms with Crippen LogP contribution in [0.4, 0.5) is 17.5 Å². The Kier molecular flexibility index (Phi) is 15.4. The molecule has 58 heavy (non-hydrogen) atoms. The van der Waals surface area contributed by atoms with Crippen LogP contribution in [0.15, 0.2) is 41.6 Å². The number of ether oxygens (including phenoxy) is 3. The molecule has 0 radical (unpaired) electrons. The number of hydrogen-bond donors (Lipinski definition) is 4. The van der Waals surface area contributed by atoms with E-state index in [4.69, 9.17) is 34.1 Å². The number of aliphatic hydroxyl groups excluding tert-OH is 1. The molecule has 0 unspecified atom stereocenters. The number of rotatable bonds is 22. The zero-order chi connectivity index (χ0) is 40.9. The molecule has 1 amide bonds. The number of carbonyl (C=O) groups is 2. The molecule has 314 valence electrons. The smallest absolute Gasteiger partial charge is 0.244 e. The fourth-order valence-electron chi connectivity index (χ4n) is 7.67. The molecule has 0 bridgehead atoms. The van der Waals surface area contributed by atoms with Crippen LogP contribution in [0.5, 0.6) is 17.2 Å². The highest BCUT2D eigenvalue weighted by Gasteiger charge is 2.41. The lowest BCUT2D eigenvalue weighted by atomic mass is 9.77. The van der Waals surface area contributed by atoms with Crippen molar-refractivity contribution in [3.63, 3.8) is 0 Å². The number of nitrogens with zero attached hydrogens (tertiary/aromatic N) is 5. The van der Waals surface area contributed by atoms with Gasteiger partial charge >= 0.3 is 0 Å². The van der Waals surface area contributed by atoms with E-state index in [1.807, 2.05) is 12.4 Å². The van der Waals surface area contributed by atoms with Crippen LogP contribution < -0.4 is 35.1 Å². The van der Waals surface area contributed by atoms with Gasteiger partial charge in [0, 0.05) is 50.2 Å². The maximum absolute atomic E-state index is 12.8. The summed E-state index contributed by atoms with van der Waals surface area (Å²) in [5.74, 6) is 3.50. The van der Waals surface area contributed by atoms with Crippen molar-refractivity contribution >= 4 is 40.3 Å². The number of amides is 1. The molecule has 15 nitrogen and oxygen atoms in total. The minimum atomic E-state index is -1.12. The van der Waals surface area contributed by atoms with Gasteiger partial charge in [-0.15, -0.1) is 0 Å². The van der Waals surface area contributed by atoms with Gasteiger partial charge in [0.2, 0.25) is 22.5 Å². The van der Waals surface area contributed by atoms with Crippen molar-refractivity contribution in [3.8, 4) is 17.2 Å². The number of fused-ring (bicyclic) bond motifs is 1. The van der Waals surface area contributed by atoms with E-state index in [9.17, 15) is 19.2 Å². The molecule has 4 N–H and O–H groups in total. The molecular formula is C42H58N8O7S. The predicted molar refractivity (Wildman–Crippen MR) is 224 cm³/mol. The monoisotopic (exact) mass is 818 g/mol. The lowest BCUT2D eigenvalue weighted by molar-refractivity contribution is -0.116. The van der Waals surface area contributed by atoms with Crippen molar-refractivity contribution in [2.45, 2.75) is 99.8 Å². The van der Waals surface area contributed by atoms with E-state index in [1.165, 1.54) is 33.5 Å². The Bertz CT molecular complexity index is 1840. The number of anilines is 3. The van der Waals surface area contributed by atoms with Crippen LogP contribution in [-0.4, -0.2) is 107 Å². The van der Waals surface area contributed by atoms with Crippen LogP contribution in [0.2, 0.25) is 0 Å². The molecular weight excluding hydrogens is 761 g/mol. The van der Waals surface area contributed by atoms with Crippen LogP contribution in [-0.2, 0) is 22.4 Å². The SMILES string of the molecule is COc1cc(C(=O)/C=C/C(=O)NCCCCCCCCCNc2cnc(C3CCN(c4nc5c(c(NC6(CO)CCC6)n4)[S@+]([O-])CC5)CC3)nc2)cc(OC)c1OC. The second-order valence-electron chi connectivity index (χ2n) is 15.3. The van der Waals surface area contributed by atoms with E-state index in [-0.39, 0.29) is 29.8 Å². The van der Waals surface area contributed by atoms with Gasteiger partial charge in [0.1, 0.15) is 17.3 Å². The number of unbranched alkanes of at least 4 members (excludes halogenated alkanes) is 6. The first-order valence-corrected chi connectivity index (χ1v) is 21.9. The largest absolute Gasteiger partial charge is 0.611 e. The highest BCUT2D eigenvalue weighted by atomic mass is 32.2. The Balaban J connectivity index is 0.817. The number of allylic oxidation sites excluding steroid dienone is 1. The van der Waals surface area contributed by atoms with Gasteiger partial charge in [-0.25, -0.2) is 15.0 Å². The third kappa shape index (κ3) is 10.9. The lowest BCUT2D eigenvalue weighted by Gasteiger charge is -2.41. The van der Waals surface area contributed by atoms with Gasteiger partial charge in [-0.3, -0.25) is 9.59 Å². The molecule has 16 heteroatoms. The predicted octanol–water partition coefficient (Wildman–Crippen LogP) is 5.36. The number of hydrogen-bond acceptors (Lipinski definition) is 14. The number of nitrogens with one attached hydrogen (secondary N) is 3. The zero-order valence-electron chi connectivity index (χ0n) is 34.0. The maximum Gasteiger partial charge on any atom is 0.244 e. The van der Waals surface area contributed by atoms with Crippen LogP contribution in [0.1, 0.15) is 105 Å². The summed E-state index contributed by atoms with van der Waals surface area (Å²) in [5.41, 5.74) is 1.75. The van der Waals surface area contributed by atoms with E-state index in [0.717, 1.165) is 114 Å². The highest BCUT2D eigenvalue weighted by molar-refractivity contribution is 7.91. The summed E-state index contributed by atoms with van der Waals surface area (Å²) >= 11 is -1.12. The molecule has 3 aliphatic rings. The average Bonchev–Trinajstić information content (AvgIpc) is 3.62. The number of ketones is 1. The maximum atomic E-state index is 12.8. The van der Waals surface area contributed by atoms with Crippen molar-refractivity contribution in [3.05, 3.63) is 53.8 Å². The van der Waals surface area contributed by atoms with E-state index in [0.29, 0.717) is 58.2 Å². The van der Waals surface area contributed by atoms with Gasteiger partial charge in [-0.05, 0) is 74.3 Å². The molecule has 1 saturated carbocycles. The number of aromatic nitrogens is 4. The van der Waals surface area contributed by atoms with Crippen LogP contribution in [0, 0.1) is 0 Å². The van der Waals surface area contributed by atoms with Gasteiger partial charge < -0.3 is 44.7 Å². The third-order valence-corrected chi connectivity index (χ3v) is 12.8. The van der Waals surface area contributed by atoms with Crippen LogP contribution in [0.3, 0.4) is 0 Å². The van der Waals surface area contributed by atoms with Gasteiger partial charge in [-0.1, -0.05) is 32.1 Å². The second-order valence-corrected chi connectivity index (χ2v) is 16.8. The molecule has 3 aromatic rings. The Hall–Kier alpha value is -4.67. The van der Waals surface area contributed by atoms with E-state index < -0.39 is 11.2 Å². The minimum absolute atomic E-state index is 0.0375. The number of carbonyl (C=O) groups excluding carboxylic acids is 2. The van der Waals surface area contributed by atoms with Crippen molar-refractivity contribution in [2.75, 3.05) is 75.4 Å². The molecule has 0 spiro atoms. The van der Waals surface area contributed by atoms with Crippen molar-refractivity contribution in [1.29, 1.82) is 0 Å². The molecule has 1 saturated heterocycles. The van der Waals surface area contributed by atoms with Gasteiger partial charge in [0.25, 0.3) is 0 Å².